The third-order valence-corrected chi connectivity index (χ3v) is 4.77. The number of aliphatic hydroxyl groups is 1. The second kappa shape index (κ2) is 6.81. The van der Waals surface area contributed by atoms with Gasteiger partial charge in [0.15, 0.2) is 0 Å². The fourth-order valence-corrected chi connectivity index (χ4v) is 3.11. The zero-order valence-electron chi connectivity index (χ0n) is 12.2. The maximum atomic E-state index is 10.6. The molecule has 2 aromatic rings. The van der Waals surface area contributed by atoms with E-state index in [2.05, 4.69) is 21.0 Å². The Balaban J connectivity index is 2.37. The van der Waals surface area contributed by atoms with Crippen LogP contribution in [0, 0.1) is 6.92 Å². The zero-order valence-corrected chi connectivity index (χ0v) is 14.6. The highest BCUT2D eigenvalue weighted by Gasteiger charge is 2.21. The first-order chi connectivity index (χ1) is 9.99. The Hall–Kier alpha value is -1.04. The summed E-state index contributed by atoms with van der Waals surface area (Å²) in [5, 5.41) is 15.5. The SMILES string of the molecule is CCn1nc(C)c(Br)c1CC(O)c1c(Cl)cccc1OC. The maximum Gasteiger partial charge on any atom is 0.126 e. The molecule has 0 amide bonds. The minimum Gasteiger partial charge on any atom is -0.496 e. The number of ether oxygens (including phenoxy) is 1. The van der Waals surface area contributed by atoms with Gasteiger partial charge in [0.2, 0.25) is 0 Å². The fourth-order valence-electron chi connectivity index (χ4n) is 2.37. The Bertz CT molecular complexity index is 643. The molecule has 0 saturated carbocycles. The van der Waals surface area contributed by atoms with E-state index in [1.165, 1.54) is 0 Å². The highest BCUT2D eigenvalue weighted by molar-refractivity contribution is 9.10. The average Bonchev–Trinajstić information content (AvgIpc) is 2.74. The third kappa shape index (κ3) is 3.25. The van der Waals surface area contributed by atoms with Crippen LogP contribution in [-0.4, -0.2) is 22.0 Å². The van der Waals surface area contributed by atoms with Gasteiger partial charge in [-0.15, -0.1) is 0 Å². The zero-order chi connectivity index (χ0) is 15.6. The second-order valence-corrected chi connectivity index (χ2v) is 5.94. The van der Waals surface area contributed by atoms with Crippen LogP contribution in [0.1, 0.15) is 30.0 Å². The molecule has 0 aliphatic carbocycles. The lowest BCUT2D eigenvalue weighted by molar-refractivity contribution is 0.171. The van der Waals surface area contributed by atoms with Gasteiger partial charge in [0.25, 0.3) is 0 Å². The van der Waals surface area contributed by atoms with Gasteiger partial charge in [-0.05, 0) is 41.9 Å². The highest BCUT2D eigenvalue weighted by Crippen LogP contribution is 2.35. The molecule has 0 radical (unpaired) electrons. The van der Waals surface area contributed by atoms with Gasteiger partial charge in [-0.3, -0.25) is 4.68 Å². The average molecular weight is 374 g/mol. The molecule has 0 bridgehead atoms. The summed E-state index contributed by atoms with van der Waals surface area (Å²) in [6, 6.07) is 5.34. The van der Waals surface area contributed by atoms with Crippen LogP contribution in [-0.2, 0) is 13.0 Å². The van der Waals surface area contributed by atoms with E-state index in [-0.39, 0.29) is 0 Å². The molecule has 1 unspecified atom stereocenters. The number of rotatable bonds is 5. The van der Waals surface area contributed by atoms with Crippen LogP contribution in [0.2, 0.25) is 5.02 Å². The van der Waals surface area contributed by atoms with Crippen molar-refractivity contribution in [2.24, 2.45) is 0 Å². The standard InChI is InChI=1S/C15H18BrClN2O2/c1-4-19-11(15(16)9(2)18-19)8-12(20)14-10(17)6-5-7-13(14)21-3/h5-7,12,20H,4,8H2,1-3H3. The van der Waals surface area contributed by atoms with Crippen LogP contribution in [0.15, 0.2) is 22.7 Å². The van der Waals surface area contributed by atoms with E-state index in [4.69, 9.17) is 16.3 Å². The Kier molecular flexibility index (Phi) is 5.30. The van der Waals surface area contributed by atoms with E-state index in [1.54, 1.807) is 25.3 Å². The van der Waals surface area contributed by atoms with E-state index in [9.17, 15) is 5.11 Å². The predicted octanol–water partition coefficient (Wildman–Crippen LogP) is 3.91. The lowest BCUT2D eigenvalue weighted by Crippen LogP contribution is -2.10. The molecule has 21 heavy (non-hydrogen) atoms. The molecular weight excluding hydrogens is 356 g/mol. The van der Waals surface area contributed by atoms with E-state index in [1.807, 2.05) is 18.5 Å². The van der Waals surface area contributed by atoms with Crippen molar-refractivity contribution in [1.82, 2.24) is 9.78 Å². The summed E-state index contributed by atoms with van der Waals surface area (Å²) in [6.07, 6.45) is -0.346. The third-order valence-electron chi connectivity index (χ3n) is 3.41. The Labute approximate surface area is 137 Å². The van der Waals surface area contributed by atoms with Gasteiger partial charge in [0.05, 0.1) is 34.1 Å². The van der Waals surface area contributed by atoms with Gasteiger partial charge in [-0.25, -0.2) is 0 Å². The number of nitrogens with zero attached hydrogens (tertiary/aromatic N) is 2. The fraction of sp³-hybridized carbons (Fsp3) is 0.400. The molecule has 1 aromatic heterocycles. The van der Waals surface area contributed by atoms with E-state index < -0.39 is 6.10 Å². The quantitative estimate of drug-likeness (QED) is 0.864. The number of benzene rings is 1. The van der Waals surface area contributed by atoms with Gasteiger partial charge in [-0.2, -0.15) is 5.10 Å². The first kappa shape index (κ1) is 16.3. The normalized spacial score (nSPS) is 12.5. The molecule has 1 heterocycles. The number of aromatic nitrogens is 2. The Morgan fingerprint density at radius 1 is 1.48 bits per heavy atom. The number of aryl methyl sites for hydroxylation is 2. The number of hydrogen-bond donors (Lipinski definition) is 1. The molecule has 1 aromatic carbocycles. The molecular formula is C15H18BrClN2O2. The van der Waals surface area contributed by atoms with E-state index >= 15 is 0 Å². The van der Waals surface area contributed by atoms with Crippen molar-refractivity contribution in [2.45, 2.75) is 32.9 Å². The van der Waals surface area contributed by atoms with E-state index in [0.29, 0.717) is 22.8 Å². The largest absolute Gasteiger partial charge is 0.496 e. The van der Waals surface area contributed by atoms with Crippen molar-refractivity contribution >= 4 is 27.5 Å². The van der Waals surface area contributed by atoms with Crippen LogP contribution in [0.4, 0.5) is 0 Å². The predicted molar refractivity (Wildman–Crippen MR) is 87.0 cm³/mol. The summed E-state index contributed by atoms with van der Waals surface area (Å²) in [7, 11) is 1.57. The second-order valence-electron chi connectivity index (χ2n) is 4.74. The van der Waals surface area contributed by atoms with Gasteiger partial charge >= 0.3 is 0 Å². The summed E-state index contributed by atoms with van der Waals surface area (Å²) in [5.41, 5.74) is 2.46. The molecule has 0 spiro atoms. The van der Waals surface area contributed by atoms with Gasteiger partial charge in [0.1, 0.15) is 5.75 Å². The van der Waals surface area contributed by atoms with Crippen molar-refractivity contribution in [3.63, 3.8) is 0 Å². The first-order valence-electron chi connectivity index (χ1n) is 6.71. The van der Waals surface area contributed by atoms with Crippen molar-refractivity contribution in [3.8, 4) is 5.75 Å². The highest BCUT2D eigenvalue weighted by atomic mass is 79.9. The number of methoxy groups -OCH3 is 1. The molecule has 4 nitrogen and oxygen atoms in total. The van der Waals surface area contributed by atoms with Crippen molar-refractivity contribution in [2.75, 3.05) is 7.11 Å². The van der Waals surface area contributed by atoms with Crippen LogP contribution in [0.5, 0.6) is 5.75 Å². The molecule has 114 valence electrons. The molecule has 1 N–H and O–H groups in total. The molecule has 0 fully saturated rings. The van der Waals surface area contributed by atoms with Crippen molar-refractivity contribution < 1.29 is 9.84 Å². The lowest BCUT2D eigenvalue weighted by Gasteiger charge is -2.17. The van der Waals surface area contributed by atoms with Crippen LogP contribution in [0.3, 0.4) is 0 Å². The minimum absolute atomic E-state index is 0.412. The molecule has 0 aliphatic rings. The van der Waals surface area contributed by atoms with Crippen LogP contribution in [0.25, 0.3) is 0 Å². The summed E-state index contributed by atoms with van der Waals surface area (Å²) in [6.45, 7) is 4.70. The first-order valence-corrected chi connectivity index (χ1v) is 7.88. The molecule has 0 aliphatic heterocycles. The lowest BCUT2D eigenvalue weighted by atomic mass is 10.0. The Morgan fingerprint density at radius 3 is 2.81 bits per heavy atom. The summed E-state index contributed by atoms with van der Waals surface area (Å²) < 4.78 is 8.10. The van der Waals surface area contributed by atoms with Crippen LogP contribution >= 0.6 is 27.5 Å². The van der Waals surface area contributed by atoms with Crippen LogP contribution < -0.4 is 4.74 Å². The van der Waals surface area contributed by atoms with Gasteiger partial charge in [0, 0.05) is 18.5 Å². The minimum atomic E-state index is -0.758. The van der Waals surface area contributed by atoms with Crippen molar-refractivity contribution in [1.29, 1.82) is 0 Å². The number of aliphatic hydroxyl groups excluding tert-OH is 1. The molecule has 1 atom stereocenters. The summed E-state index contributed by atoms with van der Waals surface area (Å²) in [5.74, 6) is 0.588. The smallest absolute Gasteiger partial charge is 0.126 e. The molecule has 6 heteroatoms. The molecule has 0 saturated heterocycles. The Morgan fingerprint density at radius 2 is 2.19 bits per heavy atom. The van der Waals surface area contributed by atoms with Gasteiger partial charge in [-0.1, -0.05) is 17.7 Å². The molecule has 2 rings (SSSR count). The summed E-state index contributed by atoms with van der Waals surface area (Å²) in [4.78, 5) is 0. The number of halogens is 2. The van der Waals surface area contributed by atoms with Gasteiger partial charge < -0.3 is 9.84 Å². The maximum absolute atomic E-state index is 10.6. The monoisotopic (exact) mass is 372 g/mol. The summed E-state index contributed by atoms with van der Waals surface area (Å²) >= 11 is 9.75. The van der Waals surface area contributed by atoms with Crippen molar-refractivity contribution in [3.05, 3.63) is 44.6 Å². The topological polar surface area (TPSA) is 47.3 Å². The number of hydrogen-bond acceptors (Lipinski definition) is 3. The van der Waals surface area contributed by atoms with E-state index in [0.717, 1.165) is 22.4 Å².